The summed E-state index contributed by atoms with van der Waals surface area (Å²) in [5, 5.41) is 0. The van der Waals surface area contributed by atoms with E-state index in [-0.39, 0.29) is 6.04 Å². The molecule has 0 amide bonds. The van der Waals surface area contributed by atoms with Crippen molar-refractivity contribution in [1.82, 2.24) is 4.90 Å². The average molecular weight is 400 g/mol. The Bertz CT molecular complexity index is 990. The van der Waals surface area contributed by atoms with Crippen LogP contribution in [0.5, 0.6) is 5.75 Å². The summed E-state index contributed by atoms with van der Waals surface area (Å²) in [6.45, 7) is 2.97. The molecule has 1 fully saturated rings. The molecule has 2 N–H and O–H groups in total. The van der Waals surface area contributed by atoms with Gasteiger partial charge in [-0.3, -0.25) is 9.89 Å². The zero-order valence-corrected chi connectivity index (χ0v) is 17.5. The molecule has 1 heterocycles. The molecule has 30 heavy (non-hydrogen) atoms. The molecule has 0 saturated carbocycles. The van der Waals surface area contributed by atoms with Crippen LogP contribution in [0, 0.1) is 0 Å². The van der Waals surface area contributed by atoms with Crippen LogP contribution in [0.2, 0.25) is 0 Å². The van der Waals surface area contributed by atoms with Gasteiger partial charge in [0.1, 0.15) is 11.8 Å². The highest BCUT2D eigenvalue weighted by Gasteiger charge is 2.20. The van der Waals surface area contributed by atoms with E-state index in [1.807, 2.05) is 30.3 Å². The summed E-state index contributed by atoms with van der Waals surface area (Å²) in [7, 11) is 1.71. The first-order chi connectivity index (χ1) is 14.7. The van der Waals surface area contributed by atoms with Gasteiger partial charge in [-0.25, -0.2) is 0 Å². The van der Waals surface area contributed by atoms with Crippen LogP contribution < -0.4 is 10.5 Å². The number of benzene rings is 3. The number of hydrogen-bond donors (Lipinski definition) is 1. The summed E-state index contributed by atoms with van der Waals surface area (Å²) < 4.78 is 5.35. The Morgan fingerprint density at radius 3 is 2.40 bits per heavy atom. The van der Waals surface area contributed by atoms with Crippen molar-refractivity contribution in [3.63, 3.8) is 0 Å². The summed E-state index contributed by atoms with van der Waals surface area (Å²) in [4.78, 5) is 7.68. The smallest absolute Gasteiger partial charge is 0.119 e. The van der Waals surface area contributed by atoms with Crippen LogP contribution >= 0.6 is 0 Å². The molecule has 154 valence electrons. The Morgan fingerprint density at radius 1 is 0.933 bits per heavy atom. The van der Waals surface area contributed by atoms with Crippen molar-refractivity contribution in [2.45, 2.75) is 25.4 Å². The highest BCUT2D eigenvalue weighted by molar-refractivity contribution is 5.86. The Morgan fingerprint density at radius 2 is 1.67 bits per heavy atom. The van der Waals surface area contributed by atoms with E-state index < -0.39 is 0 Å². The number of aliphatic imine (C=N–C) groups is 1. The van der Waals surface area contributed by atoms with Crippen molar-refractivity contribution in [2.75, 3.05) is 25.9 Å². The van der Waals surface area contributed by atoms with E-state index in [2.05, 4.69) is 53.4 Å². The fraction of sp³-hybridized carbons (Fsp3) is 0.269. The van der Waals surface area contributed by atoms with Crippen LogP contribution in [0.1, 0.15) is 35.6 Å². The number of methoxy groups -OCH3 is 1. The van der Waals surface area contributed by atoms with Crippen LogP contribution in [0.25, 0.3) is 0 Å². The number of nitrogens with two attached hydrogens (primary N) is 1. The van der Waals surface area contributed by atoms with Crippen molar-refractivity contribution in [3.05, 3.63) is 95.6 Å². The van der Waals surface area contributed by atoms with Gasteiger partial charge in [0.05, 0.1) is 7.11 Å². The lowest BCUT2D eigenvalue weighted by Gasteiger charge is -2.29. The lowest BCUT2D eigenvalue weighted by atomic mass is 9.97. The summed E-state index contributed by atoms with van der Waals surface area (Å²) in [5.41, 5.74) is 11.9. The first kappa shape index (κ1) is 20.2. The van der Waals surface area contributed by atoms with Crippen molar-refractivity contribution in [1.29, 1.82) is 0 Å². The zero-order valence-electron chi connectivity index (χ0n) is 17.5. The second-order valence-electron chi connectivity index (χ2n) is 7.77. The van der Waals surface area contributed by atoms with Crippen LogP contribution in [-0.2, 0) is 6.54 Å². The van der Waals surface area contributed by atoms with Crippen LogP contribution in [0.4, 0.5) is 5.69 Å². The SMILES string of the molecule is COc1cccc(CN2CCC(=NC(c3ccccc3)c3ccccc3N)CC2)c1. The van der Waals surface area contributed by atoms with Crippen LogP contribution in [0.3, 0.4) is 0 Å². The van der Waals surface area contributed by atoms with Crippen molar-refractivity contribution in [3.8, 4) is 5.75 Å². The van der Waals surface area contributed by atoms with Crippen LogP contribution in [0.15, 0.2) is 83.9 Å². The number of piperidine rings is 1. The molecule has 1 aliphatic rings. The van der Waals surface area contributed by atoms with E-state index in [1.54, 1.807) is 7.11 Å². The maximum Gasteiger partial charge on any atom is 0.119 e. The third-order valence-electron chi connectivity index (χ3n) is 5.69. The minimum Gasteiger partial charge on any atom is -0.497 e. The normalized spacial score (nSPS) is 15.6. The Labute approximate surface area is 179 Å². The van der Waals surface area contributed by atoms with Gasteiger partial charge in [-0.1, -0.05) is 60.7 Å². The molecule has 0 aliphatic carbocycles. The first-order valence-electron chi connectivity index (χ1n) is 10.5. The van der Waals surface area contributed by atoms with E-state index >= 15 is 0 Å². The van der Waals surface area contributed by atoms with Gasteiger partial charge < -0.3 is 10.5 Å². The van der Waals surface area contributed by atoms with Crippen molar-refractivity contribution >= 4 is 11.4 Å². The molecule has 0 spiro atoms. The number of ether oxygens (including phenoxy) is 1. The lowest BCUT2D eigenvalue weighted by Crippen LogP contribution is -2.33. The Balaban J connectivity index is 1.48. The third-order valence-corrected chi connectivity index (χ3v) is 5.69. The topological polar surface area (TPSA) is 50.8 Å². The lowest BCUT2D eigenvalue weighted by molar-refractivity contribution is 0.265. The monoisotopic (exact) mass is 399 g/mol. The molecule has 3 aromatic rings. The number of nitrogen functional groups attached to an aromatic ring is 1. The molecule has 4 nitrogen and oxygen atoms in total. The standard InChI is InChI=1S/C26H29N3O/c1-30-23-11-7-8-20(18-23)19-29-16-14-22(15-17-29)28-26(21-9-3-2-4-10-21)24-12-5-6-13-25(24)27/h2-13,18,26H,14-17,19,27H2,1H3. The third kappa shape index (κ3) is 4.89. The zero-order chi connectivity index (χ0) is 20.8. The van der Waals surface area contributed by atoms with Gasteiger partial charge in [0.2, 0.25) is 0 Å². The van der Waals surface area contributed by atoms with Crippen molar-refractivity contribution < 1.29 is 4.74 Å². The van der Waals surface area contributed by atoms with E-state index in [0.29, 0.717) is 0 Å². The average Bonchev–Trinajstić information content (AvgIpc) is 2.80. The highest BCUT2D eigenvalue weighted by Crippen LogP contribution is 2.31. The number of anilines is 1. The van der Waals surface area contributed by atoms with E-state index in [0.717, 1.165) is 49.5 Å². The predicted octanol–water partition coefficient (Wildman–Crippen LogP) is 5.10. The molecule has 4 heteroatoms. The minimum absolute atomic E-state index is 0.0488. The Kier molecular flexibility index (Phi) is 6.45. The largest absolute Gasteiger partial charge is 0.497 e. The molecule has 4 rings (SSSR count). The van der Waals surface area contributed by atoms with Gasteiger partial charge >= 0.3 is 0 Å². The molecule has 0 aromatic heterocycles. The number of rotatable bonds is 6. The summed E-state index contributed by atoms with van der Waals surface area (Å²) in [6.07, 6.45) is 1.97. The molecule has 1 unspecified atom stereocenters. The summed E-state index contributed by atoms with van der Waals surface area (Å²) >= 11 is 0. The van der Waals surface area contributed by atoms with Crippen LogP contribution in [-0.4, -0.2) is 30.8 Å². The summed E-state index contributed by atoms with van der Waals surface area (Å²) in [6, 6.07) is 26.8. The van der Waals surface area contributed by atoms with Crippen molar-refractivity contribution in [2.24, 2.45) is 4.99 Å². The quantitative estimate of drug-likeness (QED) is 0.587. The molecule has 1 aliphatic heterocycles. The molecular formula is C26H29N3O. The molecule has 1 atom stereocenters. The van der Waals surface area contributed by atoms with Gasteiger partial charge in [-0.05, 0) is 42.2 Å². The minimum atomic E-state index is -0.0488. The van der Waals surface area contributed by atoms with Gasteiger partial charge in [0.25, 0.3) is 0 Å². The Hall–Kier alpha value is -3.11. The van der Waals surface area contributed by atoms with E-state index in [4.69, 9.17) is 15.5 Å². The second-order valence-corrected chi connectivity index (χ2v) is 7.77. The van der Waals surface area contributed by atoms with E-state index in [9.17, 15) is 0 Å². The number of para-hydroxylation sites is 1. The van der Waals surface area contributed by atoms with Gasteiger partial charge in [0.15, 0.2) is 0 Å². The number of nitrogens with zero attached hydrogens (tertiary/aromatic N) is 2. The molecule has 3 aromatic carbocycles. The fourth-order valence-electron chi connectivity index (χ4n) is 4.03. The van der Waals surface area contributed by atoms with Gasteiger partial charge in [-0.2, -0.15) is 0 Å². The van der Waals surface area contributed by atoms with Gasteiger partial charge in [-0.15, -0.1) is 0 Å². The van der Waals surface area contributed by atoms with Gasteiger partial charge in [0, 0.05) is 36.6 Å². The predicted molar refractivity (Wildman–Crippen MR) is 124 cm³/mol. The maximum atomic E-state index is 6.31. The summed E-state index contributed by atoms with van der Waals surface area (Å²) in [5.74, 6) is 0.915. The maximum absolute atomic E-state index is 6.31. The molecule has 0 radical (unpaired) electrons. The second kappa shape index (κ2) is 9.59. The number of likely N-dealkylation sites (tertiary alicyclic amines) is 1. The molecule has 0 bridgehead atoms. The highest BCUT2D eigenvalue weighted by atomic mass is 16.5. The number of hydrogen-bond acceptors (Lipinski definition) is 4. The van der Waals surface area contributed by atoms with E-state index in [1.165, 1.54) is 16.8 Å². The fourth-order valence-corrected chi connectivity index (χ4v) is 4.03. The molecule has 1 saturated heterocycles. The molecular weight excluding hydrogens is 370 g/mol. The first-order valence-corrected chi connectivity index (χ1v) is 10.5.